The third kappa shape index (κ3) is 4.26. The van der Waals surface area contributed by atoms with Crippen LogP contribution < -0.4 is 5.32 Å². The first-order valence-electron chi connectivity index (χ1n) is 5.64. The molecular formula is C12H19N3OS. The van der Waals surface area contributed by atoms with Crippen LogP contribution in [0.4, 0.5) is 5.82 Å². The number of nitrogens with one attached hydrogen (secondary N) is 1. The quantitative estimate of drug-likeness (QED) is 0.841. The van der Waals surface area contributed by atoms with E-state index < -0.39 is 0 Å². The van der Waals surface area contributed by atoms with Gasteiger partial charge in [-0.25, -0.2) is 4.98 Å². The van der Waals surface area contributed by atoms with Crippen molar-refractivity contribution >= 4 is 23.5 Å². The van der Waals surface area contributed by atoms with E-state index in [2.05, 4.69) is 10.3 Å². The standard InChI is InChI=1S/C12H19N3OS/c1-4-13-11-7-5-6-10(14-11)12(16)15(2)8-9-17-3/h5-7H,4,8-9H2,1-3H3,(H,13,14). The highest BCUT2D eigenvalue weighted by atomic mass is 32.2. The highest BCUT2D eigenvalue weighted by Crippen LogP contribution is 2.07. The van der Waals surface area contributed by atoms with Crippen LogP contribution in [0.2, 0.25) is 0 Å². The summed E-state index contributed by atoms with van der Waals surface area (Å²) in [7, 11) is 1.81. The molecular weight excluding hydrogens is 234 g/mol. The summed E-state index contributed by atoms with van der Waals surface area (Å²) in [4.78, 5) is 18.0. The van der Waals surface area contributed by atoms with Gasteiger partial charge in [0, 0.05) is 25.9 Å². The molecule has 5 heteroatoms. The summed E-state index contributed by atoms with van der Waals surface area (Å²) in [5, 5.41) is 3.10. The molecule has 0 aliphatic heterocycles. The van der Waals surface area contributed by atoms with E-state index >= 15 is 0 Å². The van der Waals surface area contributed by atoms with Crippen LogP contribution in [0.3, 0.4) is 0 Å². The molecule has 0 radical (unpaired) electrons. The zero-order chi connectivity index (χ0) is 12.7. The number of aromatic nitrogens is 1. The van der Waals surface area contributed by atoms with Crippen molar-refractivity contribution in [2.24, 2.45) is 0 Å². The van der Waals surface area contributed by atoms with Crippen LogP contribution in [-0.2, 0) is 0 Å². The van der Waals surface area contributed by atoms with Crippen LogP contribution in [0.1, 0.15) is 17.4 Å². The Kier molecular flexibility index (Phi) is 5.83. The minimum atomic E-state index is -0.0289. The number of nitrogens with zero attached hydrogens (tertiary/aromatic N) is 2. The Morgan fingerprint density at radius 3 is 2.94 bits per heavy atom. The van der Waals surface area contributed by atoms with Gasteiger partial charge >= 0.3 is 0 Å². The Balaban J connectivity index is 2.70. The van der Waals surface area contributed by atoms with Crippen molar-refractivity contribution in [3.63, 3.8) is 0 Å². The molecule has 1 aromatic rings. The maximum Gasteiger partial charge on any atom is 0.272 e. The van der Waals surface area contributed by atoms with Crippen molar-refractivity contribution in [1.82, 2.24) is 9.88 Å². The van der Waals surface area contributed by atoms with Crippen molar-refractivity contribution < 1.29 is 4.79 Å². The van der Waals surface area contributed by atoms with E-state index in [0.29, 0.717) is 5.69 Å². The van der Waals surface area contributed by atoms with Gasteiger partial charge in [0.15, 0.2) is 0 Å². The van der Waals surface area contributed by atoms with Crippen LogP contribution in [0, 0.1) is 0 Å². The molecule has 1 N–H and O–H groups in total. The molecule has 17 heavy (non-hydrogen) atoms. The second-order valence-electron chi connectivity index (χ2n) is 3.66. The zero-order valence-electron chi connectivity index (χ0n) is 10.6. The lowest BCUT2D eigenvalue weighted by Crippen LogP contribution is -2.29. The van der Waals surface area contributed by atoms with Gasteiger partial charge in [-0.05, 0) is 25.3 Å². The maximum atomic E-state index is 12.0. The summed E-state index contributed by atoms with van der Waals surface area (Å²) in [6.07, 6.45) is 2.03. The molecule has 0 aliphatic rings. The maximum absolute atomic E-state index is 12.0. The number of hydrogen-bond donors (Lipinski definition) is 1. The van der Waals surface area contributed by atoms with Gasteiger partial charge in [0.25, 0.3) is 5.91 Å². The van der Waals surface area contributed by atoms with Crippen molar-refractivity contribution in [2.45, 2.75) is 6.92 Å². The van der Waals surface area contributed by atoms with E-state index in [9.17, 15) is 4.79 Å². The number of carbonyl (C=O) groups excluding carboxylic acids is 1. The Morgan fingerprint density at radius 1 is 1.53 bits per heavy atom. The van der Waals surface area contributed by atoms with Gasteiger partial charge in [-0.1, -0.05) is 6.07 Å². The van der Waals surface area contributed by atoms with Crippen molar-refractivity contribution in [2.75, 3.05) is 37.5 Å². The van der Waals surface area contributed by atoms with E-state index in [0.717, 1.165) is 24.7 Å². The molecule has 0 saturated carbocycles. The Morgan fingerprint density at radius 2 is 2.29 bits per heavy atom. The summed E-state index contributed by atoms with van der Waals surface area (Å²) in [6.45, 7) is 3.54. The first-order valence-corrected chi connectivity index (χ1v) is 7.03. The topological polar surface area (TPSA) is 45.2 Å². The smallest absolute Gasteiger partial charge is 0.272 e. The molecule has 1 rings (SSSR count). The predicted molar refractivity (Wildman–Crippen MR) is 73.7 cm³/mol. The van der Waals surface area contributed by atoms with Crippen LogP contribution in [0.15, 0.2) is 18.2 Å². The van der Waals surface area contributed by atoms with Crippen LogP contribution >= 0.6 is 11.8 Å². The Bertz CT molecular complexity index is 371. The molecule has 0 spiro atoms. The van der Waals surface area contributed by atoms with Crippen molar-refractivity contribution in [1.29, 1.82) is 0 Å². The van der Waals surface area contributed by atoms with E-state index in [4.69, 9.17) is 0 Å². The van der Waals surface area contributed by atoms with Gasteiger partial charge in [-0.3, -0.25) is 4.79 Å². The molecule has 94 valence electrons. The third-order valence-corrected chi connectivity index (χ3v) is 2.89. The molecule has 4 nitrogen and oxygen atoms in total. The summed E-state index contributed by atoms with van der Waals surface area (Å²) < 4.78 is 0. The summed E-state index contributed by atoms with van der Waals surface area (Å²) in [6, 6.07) is 5.46. The van der Waals surface area contributed by atoms with Gasteiger partial charge < -0.3 is 10.2 Å². The average molecular weight is 253 g/mol. The predicted octanol–water partition coefficient (Wildman–Crippen LogP) is 1.95. The molecule has 1 amide bonds. The second kappa shape index (κ2) is 7.17. The minimum absolute atomic E-state index is 0.0289. The van der Waals surface area contributed by atoms with Gasteiger partial charge in [-0.15, -0.1) is 0 Å². The fourth-order valence-electron chi connectivity index (χ4n) is 1.36. The highest BCUT2D eigenvalue weighted by Gasteiger charge is 2.12. The van der Waals surface area contributed by atoms with Gasteiger partial charge in [0.05, 0.1) is 0 Å². The lowest BCUT2D eigenvalue weighted by Gasteiger charge is -2.16. The molecule has 1 aromatic heterocycles. The molecule has 0 bridgehead atoms. The summed E-state index contributed by atoms with van der Waals surface area (Å²) >= 11 is 1.73. The summed E-state index contributed by atoms with van der Waals surface area (Å²) in [5.74, 6) is 1.66. The normalized spacial score (nSPS) is 10.1. The van der Waals surface area contributed by atoms with Gasteiger partial charge in [0.1, 0.15) is 11.5 Å². The number of anilines is 1. The lowest BCUT2D eigenvalue weighted by molar-refractivity contribution is 0.0798. The molecule has 0 aromatic carbocycles. The fraction of sp³-hybridized carbons (Fsp3) is 0.500. The minimum Gasteiger partial charge on any atom is -0.370 e. The molecule has 0 aliphatic carbocycles. The second-order valence-corrected chi connectivity index (χ2v) is 4.64. The third-order valence-electron chi connectivity index (χ3n) is 2.30. The highest BCUT2D eigenvalue weighted by molar-refractivity contribution is 7.98. The molecule has 1 heterocycles. The fourth-order valence-corrected chi connectivity index (χ4v) is 1.82. The van der Waals surface area contributed by atoms with E-state index in [1.807, 2.05) is 25.3 Å². The van der Waals surface area contributed by atoms with Crippen LogP contribution in [-0.4, -0.2) is 47.9 Å². The Labute approximate surface area is 107 Å². The van der Waals surface area contributed by atoms with Gasteiger partial charge in [0.2, 0.25) is 0 Å². The molecule has 0 atom stereocenters. The van der Waals surface area contributed by atoms with Crippen LogP contribution in [0.5, 0.6) is 0 Å². The number of hydrogen-bond acceptors (Lipinski definition) is 4. The van der Waals surface area contributed by atoms with E-state index in [-0.39, 0.29) is 5.91 Å². The first-order chi connectivity index (χ1) is 8.19. The van der Waals surface area contributed by atoms with E-state index in [1.165, 1.54) is 0 Å². The summed E-state index contributed by atoms with van der Waals surface area (Å²) in [5.41, 5.74) is 0.493. The molecule has 0 unspecified atom stereocenters. The average Bonchev–Trinajstić information content (AvgIpc) is 2.35. The lowest BCUT2D eigenvalue weighted by atomic mass is 10.3. The number of amides is 1. The molecule has 0 saturated heterocycles. The van der Waals surface area contributed by atoms with E-state index in [1.54, 1.807) is 29.8 Å². The van der Waals surface area contributed by atoms with Gasteiger partial charge in [-0.2, -0.15) is 11.8 Å². The first kappa shape index (κ1) is 13.8. The molecule has 0 fully saturated rings. The SMILES string of the molecule is CCNc1cccc(C(=O)N(C)CCSC)n1. The van der Waals surface area contributed by atoms with Crippen molar-refractivity contribution in [3.8, 4) is 0 Å². The number of carbonyl (C=O) groups is 1. The number of thioether (sulfide) groups is 1. The number of pyridine rings is 1. The monoisotopic (exact) mass is 253 g/mol. The van der Waals surface area contributed by atoms with Crippen molar-refractivity contribution in [3.05, 3.63) is 23.9 Å². The van der Waals surface area contributed by atoms with Crippen LogP contribution in [0.25, 0.3) is 0 Å². The largest absolute Gasteiger partial charge is 0.370 e. The number of rotatable bonds is 6. The zero-order valence-corrected chi connectivity index (χ0v) is 11.4. The Hall–Kier alpha value is -1.23.